The van der Waals surface area contributed by atoms with Gasteiger partial charge in [0.1, 0.15) is 0 Å². The molecule has 1 aromatic heterocycles. The maximum Gasteiger partial charge on any atom is 0.264 e. The Kier molecular flexibility index (Phi) is 3.86. The third-order valence-electron chi connectivity index (χ3n) is 4.67. The second-order valence-electron chi connectivity index (χ2n) is 6.31. The van der Waals surface area contributed by atoms with Gasteiger partial charge < -0.3 is 5.32 Å². The van der Waals surface area contributed by atoms with E-state index >= 15 is 0 Å². The van der Waals surface area contributed by atoms with Crippen molar-refractivity contribution in [2.24, 2.45) is 11.8 Å². The summed E-state index contributed by atoms with van der Waals surface area (Å²) in [6.45, 7) is 4.68. The fourth-order valence-corrected chi connectivity index (χ4v) is 3.39. The average molecular weight is 285 g/mol. The van der Waals surface area contributed by atoms with E-state index in [-0.39, 0.29) is 5.56 Å². The number of aromatic nitrogens is 2. The van der Waals surface area contributed by atoms with Gasteiger partial charge in [-0.2, -0.15) is 0 Å². The van der Waals surface area contributed by atoms with Gasteiger partial charge in [0.15, 0.2) is 0 Å². The number of aromatic amines is 2. The van der Waals surface area contributed by atoms with Gasteiger partial charge in [0.05, 0.1) is 5.69 Å². The molecule has 1 aliphatic carbocycles. The molecule has 2 unspecified atom stereocenters. The Morgan fingerprint density at radius 3 is 2.29 bits per heavy atom. The monoisotopic (exact) mass is 285 g/mol. The summed E-state index contributed by atoms with van der Waals surface area (Å²) >= 11 is 0. The largest absolute Gasteiger partial charge is 0.382 e. The molecule has 112 valence electrons. The molecule has 2 aromatic rings. The van der Waals surface area contributed by atoms with Crippen LogP contribution in [0, 0.1) is 11.8 Å². The van der Waals surface area contributed by atoms with E-state index in [1.165, 1.54) is 19.3 Å². The van der Waals surface area contributed by atoms with E-state index in [0.29, 0.717) is 6.04 Å². The molecular weight excluding hydrogens is 262 g/mol. The van der Waals surface area contributed by atoms with Crippen LogP contribution in [0.25, 0.3) is 11.3 Å². The molecule has 4 nitrogen and oxygen atoms in total. The van der Waals surface area contributed by atoms with Crippen LogP contribution in [0.4, 0.5) is 5.69 Å². The summed E-state index contributed by atoms with van der Waals surface area (Å²) in [6.07, 6.45) is 3.97. The Labute approximate surface area is 125 Å². The third kappa shape index (κ3) is 3.04. The zero-order valence-corrected chi connectivity index (χ0v) is 12.6. The lowest BCUT2D eigenvalue weighted by atomic mass is 9.78. The Balaban J connectivity index is 1.73. The number of nitrogens with one attached hydrogen (secondary N) is 3. The molecule has 0 amide bonds. The molecule has 3 rings (SSSR count). The van der Waals surface area contributed by atoms with Crippen LogP contribution in [-0.2, 0) is 0 Å². The van der Waals surface area contributed by atoms with Crippen molar-refractivity contribution >= 4 is 5.69 Å². The number of rotatable bonds is 3. The van der Waals surface area contributed by atoms with E-state index in [9.17, 15) is 4.79 Å². The Morgan fingerprint density at radius 1 is 1.05 bits per heavy atom. The zero-order chi connectivity index (χ0) is 14.8. The van der Waals surface area contributed by atoms with Crippen LogP contribution < -0.4 is 10.9 Å². The lowest BCUT2D eigenvalue weighted by molar-refractivity contribution is 0.268. The first kappa shape index (κ1) is 14.0. The first-order valence-corrected chi connectivity index (χ1v) is 7.78. The van der Waals surface area contributed by atoms with Crippen molar-refractivity contribution in [3.8, 4) is 11.3 Å². The van der Waals surface area contributed by atoms with Crippen LogP contribution in [0.3, 0.4) is 0 Å². The summed E-state index contributed by atoms with van der Waals surface area (Å²) in [7, 11) is 0. The Bertz CT molecular complexity index is 631. The van der Waals surface area contributed by atoms with Gasteiger partial charge >= 0.3 is 0 Å². The maximum atomic E-state index is 11.2. The molecule has 1 heterocycles. The molecule has 0 aliphatic heterocycles. The molecule has 4 heteroatoms. The fraction of sp³-hybridized carbons (Fsp3) is 0.471. The van der Waals surface area contributed by atoms with E-state index in [2.05, 4.69) is 41.5 Å². The smallest absolute Gasteiger partial charge is 0.264 e. The van der Waals surface area contributed by atoms with Gasteiger partial charge in [0, 0.05) is 17.8 Å². The molecule has 2 atom stereocenters. The van der Waals surface area contributed by atoms with Gasteiger partial charge in [0.25, 0.3) is 5.56 Å². The van der Waals surface area contributed by atoms with Gasteiger partial charge in [-0.05, 0) is 42.4 Å². The van der Waals surface area contributed by atoms with Crippen LogP contribution in [-0.4, -0.2) is 16.2 Å². The lowest BCUT2D eigenvalue weighted by Crippen LogP contribution is -2.36. The average Bonchev–Trinajstić information content (AvgIpc) is 2.90. The summed E-state index contributed by atoms with van der Waals surface area (Å²) in [4.78, 5) is 11.2. The van der Waals surface area contributed by atoms with Crippen molar-refractivity contribution in [2.75, 3.05) is 5.32 Å². The van der Waals surface area contributed by atoms with Crippen molar-refractivity contribution in [3.63, 3.8) is 0 Å². The van der Waals surface area contributed by atoms with Crippen LogP contribution in [0.5, 0.6) is 0 Å². The van der Waals surface area contributed by atoms with E-state index in [1.807, 2.05) is 12.1 Å². The number of H-pyrrole nitrogens is 2. The SMILES string of the molecule is CC1CCCC(C)C1Nc1ccc(-c2cc(=O)[nH][nH]2)cc1. The third-order valence-corrected chi connectivity index (χ3v) is 4.67. The van der Waals surface area contributed by atoms with Gasteiger partial charge in [-0.25, -0.2) is 0 Å². The predicted molar refractivity (Wildman–Crippen MR) is 86.4 cm³/mol. The minimum Gasteiger partial charge on any atom is -0.382 e. The van der Waals surface area contributed by atoms with Gasteiger partial charge in [0.2, 0.25) is 0 Å². The van der Waals surface area contributed by atoms with E-state index < -0.39 is 0 Å². The molecule has 1 saturated carbocycles. The lowest BCUT2D eigenvalue weighted by Gasteiger charge is -2.35. The van der Waals surface area contributed by atoms with Crippen LogP contribution in [0.15, 0.2) is 35.1 Å². The molecule has 1 fully saturated rings. The van der Waals surface area contributed by atoms with E-state index in [1.54, 1.807) is 6.07 Å². The van der Waals surface area contributed by atoms with Gasteiger partial charge in [-0.15, -0.1) is 0 Å². The van der Waals surface area contributed by atoms with Crippen LogP contribution in [0.1, 0.15) is 33.1 Å². The molecule has 0 bridgehead atoms. The van der Waals surface area contributed by atoms with Gasteiger partial charge in [-0.1, -0.05) is 32.4 Å². The second-order valence-corrected chi connectivity index (χ2v) is 6.31. The van der Waals surface area contributed by atoms with Gasteiger partial charge in [-0.3, -0.25) is 15.0 Å². The number of anilines is 1. The molecule has 3 N–H and O–H groups in total. The summed E-state index contributed by atoms with van der Waals surface area (Å²) in [5.74, 6) is 1.43. The highest BCUT2D eigenvalue weighted by molar-refractivity contribution is 5.62. The fourth-order valence-electron chi connectivity index (χ4n) is 3.39. The van der Waals surface area contributed by atoms with Crippen LogP contribution in [0.2, 0.25) is 0 Å². The molecule has 1 aliphatic rings. The van der Waals surface area contributed by atoms with E-state index in [4.69, 9.17) is 0 Å². The maximum absolute atomic E-state index is 11.2. The second kappa shape index (κ2) is 5.80. The molecule has 0 saturated heterocycles. The first-order valence-electron chi connectivity index (χ1n) is 7.78. The van der Waals surface area contributed by atoms with Crippen molar-refractivity contribution in [1.82, 2.24) is 10.2 Å². The summed E-state index contributed by atoms with van der Waals surface area (Å²) in [5.41, 5.74) is 2.90. The van der Waals surface area contributed by atoms with Crippen LogP contribution >= 0.6 is 0 Å². The minimum absolute atomic E-state index is 0.0999. The first-order chi connectivity index (χ1) is 10.1. The highest BCUT2D eigenvalue weighted by Crippen LogP contribution is 2.31. The molecule has 1 aromatic carbocycles. The normalized spacial score (nSPS) is 25.7. The molecular formula is C17H23N3O. The standard InChI is InChI=1S/C17H23N3O/c1-11-4-3-5-12(2)17(11)18-14-8-6-13(7-9-14)15-10-16(21)20-19-15/h6-12,17-18H,3-5H2,1-2H3,(H2,19,20,21). The zero-order valence-electron chi connectivity index (χ0n) is 12.6. The highest BCUT2D eigenvalue weighted by Gasteiger charge is 2.27. The molecule has 0 radical (unpaired) electrons. The topological polar surface area (TPSA) is 60.7 Å². The predicted octanol–water partition coefficient (Wildman–Crippen LogP) is 3.61. The quantitative estimate of drug-likeness (QED) is 0.807. The van der Waals surface area contributed by atoms with E-state index in [0.717, 1.165) is 28.8 Å². The summed E-state index contributed by atoms with van der Waals surface area (Å²) in [6, 6.07) is 10.4. The summed E-state index contributed by atoms with van der Waals surface area (Å²) < 4.78 is 0. The number of hydrogen-bond acceptors (Lipinski definition) is 2. The molecule has 21 heavy (non-hydrogen) atoms. The van der Waals surface area contributed by atoms with Crippen molar-refractivity contribution in [2.45, 2.75) is 39.2 Å². The van der Waals surface area contributed by atoms with Crippen molar-refractivity contribution < 1.29 is 0 Å². The van der Waals surface area contributed by atoms with Crippen molar-refractivity contribution in [1.29, 1.82) is 0 Å². The number of benzene rings is 1. The Hall–Kier alpha value is -1.97. The highest BCUT2D eigenvalue weighted by atomic mass is 16.1. The van der Waals surface area contributed by atoms with Crippen molar-refractivity contribution in [3.05, 3.63) is 40.7 Å². The summed E-state index contributed by atoms with van der Waals surface area (Å²) in [5, 5.41) is 9.13. The minimum atomic E-state index is -0.0999. The molecule has 0 spiro atoms. The Morgan fingerprint density at radius 2 is 1.71 bits per heavy atom. The number of hydrogen-bond donors (Lipinski definition) is 3.